The average molecular weight is 337 g/mol. The Hall–Kier alpha value is -2.28. The first-order valence-electron chi connectivity index (χ1n) is 7.12. The molecule has 120 valence electrons. The second kappa shape index (κ2) is 6.08. The van der Waals surface area contributed by atoms with Gasteiger partial charge in [-0.2, -0.15) is 0 Å². The van der Waals surface area contributed by atoms with Crippen LogP contribution in [0.3, 0.4) is 0 Å². The van der Waals surface area contributed by atoms with Gasteiger partial charge in [-0.3, -0.25) is 9.88 Å². The molecule has 8 heteroatoms. The minimum atomic E-state index is -1.18. The smallest absolute Gasteiger partial charge is 0.413 e. The highest BCUT2D eigenvalue weighted by molar-refractivity contribution is 6.29. The summed E-state index contributed by atoms with van der Waals surface area (Å²) in [5.74, 6) is -0.260. The van der Waals surface area contributed by atoms with Gasteiger partial charge in [0.05, 0.1) is 5.69 Å². The summed E-state index contributed by atoms with van der Waals surface area (Å²) in [6.45, 7) is 0.0760. The molecule has 0 unspecified atom stereocenters. The van der Waals surface area contributed by atoms with E-state index in [0.29, 0.717) is 18.5 Å². The average Bonchev–Trinajstić information content (AvgIpc) is 2.49. The normalized spacial score (nSPS) is 15.7. The van der Waals surface area contributed by atoms with Crippen molar-refractivity contribution in [2.45, 2.75) is 24.7 Å². The summed E-state index contributed by atoms with van der Waals surface area (Å²) in [6.07, 6.45) is 2.59. The molecule has 0 saturated heterocycles. The number of amides is 1. The molecule has 0 aromatic carbocycles. The van der Waals surface area contributed by atoms with Gasteiger partial charge >= 0.3 is 6.09 Å². The highest BCUT2D eigenvalue weighted by atomic mass is 35.5. The Morgan fingerprint density at radius 1 is 1.35 bits per heavy atom. The van der Waals surface area contributed by atoms with Crippen LogP contribution in [-0.4, -0.2) is 32.9 Å². The molecular formula is C15H14ClFN4O2. The fraction of sp³-hybridized carbons (Fsp3) is 0.333. The zero-order valence-electron chi connectivity index (χ0n) is 12.1. The van der Waals surface area contributed by atoms with Crippen molar-refractivity contribution in [1.29, 1.82) is 0 Å². The molecule has 0 radical (unpaired) electrons. The largest absolute Gasteiger partial charge is 0.465 e. The minimum Gasteiger partial charge on any atom is -0.465 e. The third kappa shape index (κ3) is 2.96. The van der Waals surface area contributed by atoms with E-state index in [-0.39, 0.29) is 17.5 Å². The SMILES string of the molecule is O=C(O)N(CC1(c2ncccc2F)CCC1)c1ccc(Cl)nn1. The third-order valence-electron chi connectivity index (χ3n) is 4.16. The van der Waals surface area contributed by atoms with Gasteiger partial charge in [-0.1, -0.05) is 18.0 Å². The highest BCUT2D eigenvalue weighted by Gasteiger charge is 2.44. The summed E-state index contributed by atoms with van der Waals surface area (Å²) >= 11 is 5.69. The molecule has 0 atom stereocenters. The van der Waals surface area contributed by atoms with Crippen LogP contribution >= 0.6 is 11.6 Å². The molecule has 1 aliphatic rings. The lowest BCUT2D eigenvalue weighted by molar-refractivity contribution is 0.188. The molecule has 1 fully saturated rings. The van der Waals surface area contributed by atoms with Crippen LogP contribution in [0.2, 0.25) is 5.15 Å². The lowest BCUT2D eigenvalue weighted by Gasteiger charge is -2.43. The standard InChI is InChI=1S/C15H14ClFN4O2/c16-11-4-5-12(20-19-11)21(14(22)23)9-15(6-2-7-15)13-10(17)3-1-8-18-13/h1,3-5,8H,2,6-7,9H2,(H,22,23). The molecule has 1 aliphatic carbocycles. The molecule has 0 bridgehead atoms. The Labute approximate surface area is 136 Å². The van der Waals surface area contributed by atoms with Crippen molar-refractivity contribution in [3.63, 3.8) is 0 Å². The fourth-order valence-corrected chi connectivity index (χ4v) is 2.95. The summed E-state index contributed by atoms with van der Waals surface area (Å²) in [6, 6.07) is 5.81. The quantitative estimate of drug-likeness (QED) is 0.927. The van der Waals surface area contributed by atoms with E-state index in [4.69, 9.17) is 11.6 Å². The van der Waals surface area contributed by atoms with Crippen LogP contribution in [-0.2, 0) is 5.41 Å². The van der Waals surface area contributed by atoms with Gasteiger partial charge in [0, 0.05) is 18.2 Å². The van der Waals surface area contributed by atoms with Crippen molar-refractivity contribution >= 4 is 23.5 Å². The van der Waals surface area contributed by atoms with Crippen molar-refractivity contribution in [3.05, 3.63) is 47.1 Å². The maximum atomic E-state index is 14.1. The zero-order valence-corrected chi connectivity index (χ0v) is 12.9. The summed E-state index contributed by atoms with van der Waals surface area (Å²) in [4.78, 5) is 16.8. The van der Waals surface area contributed by atoms with Crippen molar-refractivity contribution in [3.8, 4) is 0 Å². The molecule has 6 nitrogen and oxygen atoms in total. The van der Waals surface area contributed by atoms with Crippen LogP contribution in [0.15, 0.2) is 30.5 Å². The van der Waals surface area contributed by atoms with E-state index in [1.54, 1.807) is 0 Å². The topological polar surface area (TPSA) is 79.2 Å². The molecule has 23 heavy (non-hydrogen) atoms. The van der Waals surface area contributed by atoms with Crippen LogP contribution in [0.4, 0.5) is 15.0 Å². The van der Waals surface area contributed by atoms with Crippen LogP contribution in [0.1, 0.15) is 25.0 Å². The number of anilines is 1. The first-order chi connectivity index (χ1) is 11.0. The summed E-state index contributed by atoms with van der Waals surface area (Å²) in [7, 11) is 0. The van der Waals surface area contributed by atoms with Gasteiger partial charge in [-0.25, -0.2) is 9.18 Å². The Bertz CT molecular complexity index is 722. The van der Waals surface area contributed by atoms with Crippen molar-refractivity contribution in [1.82, 2.24) is 15.2 Å². The molecule has 0 aliphatic heterocycles. The number of carboxylic acid groups (broad SMARTS) is 1. The van der Waals surface area contributed by atoms with Crippen LogP contribution in [0.5, 0.6) is 0 Å². The Morgan fingerprint density at radius 3 is 2.65 bits per heavy atom. The van der Waals surface area contributed by atoms with Crippen molar-refractivity contribution in [2.75, 3.05) is 11.4 Å². The monoisotopic (exact) mass is 336 g/mol. The second-order valence-electron chi connectivity index (χ2n) is 5.55. The number of aromatic nitrogens is 3. The zero-order chi connectivity index (χ0) is 16.4. The second-order valence-corrected chi connectivity index (χ2v) is 5.94. The minimum absolute atomic E-state index is 0.0760. The van der Waals surface area contributed by atoms with Crippen molar-refractivity contribution in [2.24, 2.45) is 0 Å². The highest BCUT2D eigenvalue weighted by Crippen LogP contribution is 2.44. The number of carbonyl (C=O) groups is 1. The van der Waals surface area contributed by atoms with E-state index in [1.807, 2.05) is 0 Å². The van der Waals surface area contributed by atoms with E-state index in [2.05, 4.69) is 15.2 Å². The van der Waals surface area contributed by atoms with Crippen LogP contribution in [0, 0.1) is 5.82 Å². The summed E-state index contributed by atoms with van der Waals surface area (Å²) in [5.41, 5.74) is -0.329. The number of hydrogen-bond acceptors (Lipinski definition) is 4. The first-order valence-corrected chi connectivity index (χ1v) is 7.50. The number of rotatable bonds is 4. The molecule has 2 aromatic heterocycles. The number of halogens is 2. The molecule has 1 saturated carbocycles. The van der Waals surface area contributed by atoms with Gasteiger partial charge in [0.1, 0.15) is 5.82 Å². The summed E-state index contributed by atoms with van der Waals surface area (Å²) < 4.78 is 14.1. The van der Waals surface area contributed by atoms with E-state index in [0.717, 1.165) is 11.3 Å². The number of pyridine rings is 1. The predicted molar refractivity (Wildman–Crippen MR) is 82.1 cm³/mol. The van der Waals surface area contributed by atoms with Gasteiger partial charge in [-0.15, -0.1) is 10.2 Å². The van der Waals surface area contributed by atoms with Crippen LogP contribution in [0.25, 0.3) is 0 Å². The van der Waals surface area contributed by atoms with E-state index in [9.17, 15) is 14.3 Å². The van der Waals surface area contributed by atoms with Gasteiger partial charge in [0.2, 0.25) is 0 Å². The maximum Gasteiger partial charge on any atom is 0.413 e. The Balaban J connectivity index is 1.94. The predicted octanol–water partition coefficient (Wildman–Crippen LogP) is 3.27. The first kappa shape index (κ1) is 15.6. The molecule has 1 amide bonds. The molecule has 3 rings (SSSR count). The lowest BCUT2D eigenvalue weighted by Crippen LogP contribution is -2.49. The fourth-order valence-electron chi connectivity index (χ4n) is 2.85. The number of nitrogens with zero attached hydrogens (tertiary/aromatic N) is 4. The van der Waals surface area contributed by atoms with Crippen molar-refractivity contribution < 1.29 is 14.3 Å². The maximum absolute atomic E-state index is 14.1. The molecule has 2 heterocycles. The lowest BCUT2D eigenvalue weighted by atomic mass is 9.66. The molecular weight excluding hydrogens is 323 g/mol. The molecule has 2 aromatic rings. The van der Waals surface area contributed by atoms with Gasteiger partial charge in [0.25, 0.3) is 0 Å². The Morgan fingerprint density at radius 2 is 2.13 bits per heavy atom. The van der Waals surface area contributed by atoms with E-state index >= 15 is 0 Å². The van der Waals surface area contributed by atoms with E-state index in [1.165, 1.54) is 30.5 Å². The van der Waals surface area contributed by atoms with Crippen LogP contribution < -0.4 is 4.90 Å². The molecule has 1 N–H and O–H groups in total. The molecule has 0 spiro atoms. The van der Waals surface area contributed by atoms with E-state index < -0.39 is 17.3 Å². The Kier molecular flexibility index (Phi) is 4.12. The van der Waals surface area contributed by atoms with Gasteiger partial charge in [-0.05, 0) is 37.1 Å². The third-order valence-corrected chi connectivity index (χ3v) is 4.36. The number of hydrogen-bond donors (Lipinski definition) is 1. The van der Waals surface area contributed by atoms with Gasteiger partial charge in [0.15, 0.2) is 11.0 Å². The summed E-state index contributed by atoms with van der Waals surface area (Å²) in [5, 5.41) is 17.2. The van der Waals surface area contributed by atoms with Gasteiger partial charge < -0.3 is 5.11 Å².